The van der Waals surface area contributed by atoms with Gasteiger partial charge in [0.05, 0.1) is 4.92 Å². The van der Waals surface area contributed by atoms with Crippen LogP contribution in [0.1, 0.15) is 24.8 Å². The molecule has 1 aliphatic rings. The first-order chi connectivity index (χ1) is 13.1. The molecule has 3 rings (SSSR count). The Bertz CT molecular complexity index is 765. The molecule has 142 valence electrons. The molecular weight excluding hydrogens is 344 g/mol. The highest BCUT2D eigenvalue weighted by Crippen LogP contribution is 2.20. The number of nitro benzene ring substituents is 1. The molecule has 1 unspecified atom stereocenters. The lowest BCUT2D eigenvalue weighted by molar-refractivity contribution is -0.384. The quantitative estimate of drug-likeness (QED) is 0.600. The van der Waals surface area contributed by atoms with E-state index in [1.807, 2.05) is 30.3 Å². The fraction of sp³-hybridized carbons (Fsp3) is 0.350. The summed E-state index contributed by atoms with van der Waals surface area (Å²) in [4.78, 5) is 24.9. The van der Waals surface area contributed by atoms with Crippen LogP contribution in [-0.4, -0.2) is 35.0 Å². The molecule has 7 heteroatoms. The van der Waals surface area contributed by atoms with E-state index >= 15 is 0 Å². The number of piperidine rings is 1. The molecule has 27 heavy (non-hydrogen) atoms. The monoisotopic (exact) mass is 368 g/mol. The number of likely N-dealkylation sites (tertiary alicyclic amines) is 1. The fourth-order valence-corrected chi connectivity index (χ4v) is 3.36. The minimum Gasteiger partial charge on any atom is -0.336 e. The van der Waals surface area contributed by atoms with Gasteiger partial charge in [0.25, 0.3) is 5.69 Å². The van der Waals surface area contributed by atoms with Gasteiger partial charge in [-0.1, -0.05) is 36.8 Å². The van der Waals surface area contributed by atoms with Gasteiger partial charge in [0.1, 0.15) is 0 Å². The van der Waals surface area contributed by atoms with Crippen molar-refractivity contribution in [2.75, 3.05) is 18.4 Å². The summed E-state index contributed by atoms with van der Waals surface area (Å²) < 4.78 is 0. The van der Waals surface area contributed by atoms with E-state index < -0.39 is 0 Å². The zero-order valence-electron chi connectivity index (χ0n) is 15.1. The van der Waals surface area contributed by atoms with E-state index in [1.54, 1.807) is 24.3 Å². The number of hydrogen-bond donors (Lipinski definition) is 2. The molecule has 2 amide bonds. The molecule has 1 aliphatic heterocycles. The summed E-state index contributed by atoms with van der Waals surface area (Å²) in [5.41, 5.74) is 1.91. The maximum Gasteiger partial charge on any atom is 0.319 e. The van der Waals surface area contributed by atoms with Crippen LogP contribution in [0.4, 0.5) is 16.2 Å². The topological polar surface area (TPSA) is 87.5 Å². The van der Waals surface area contributed by atoms with Crippen molar-refractivity contribution in [1.82, 2.24) is 10.2 Å². The summed E-state index contributed by atoms with van der Waals surface area (Å²) in [5.74, 6) is 0. The van der Waals surface area contributed by atoms with Gasteiger partial charge in [-0.05, 0) is 37.1 Å². The summed E-state index contributed by atoms with van der Waals surface area (Å²) in [6, 6.07) is 16.1. The molecule has 0 aromatic heterocycles. The number of benzene rings is 2. The van der Waals surface area contributed by atoms with Crippen LogP contribution in [0.3, 0.4) is 0 Å². The first-order valence-corrected chi connectivity index (χ1v) is 9.19. The zero-order chi connectivity index (χ0) is 19.1. The van der Waals surface area contributed by atoms with Gasteiger partial charge in [-0.15, -0.1) is 0 Å². The highest BCUT2D eigenvalue weighted by atomic mass is 16.6. The van der Waals surface area contributed by atoms with Gasteiger partial charge in [-0.3, -0.25) is 15.0 Å². The number of nitro groups is 1. The Kier molecular flexibility index (Phi) is 6.38. The van der Waals surface area contributed by atoms with Crippen molar-refractivity contribution < 1.29 is 9.72 Å². The first-order valence-electron chi connectivity index (χ1n) is 9.19. The average molecular weight is 368 g/mol. The van der Waals surface area contributed by atoms with E-state index in [-0.39, 0.29) is 22.7 Å². The highest BCUT2D eigenvalue weighted by Gasteiger charge is 2.23. The Hall–Kier alpha value is -2.93. The molecule has 7 nitrogen and oxygen atoms in total. The van der Waals surface area contributed by atoms with Crippen LogP contribution in [0.25, 0.3) is 0 Å². The normalized spacial score (nSPS) is 17.3. The third-order valence-electron chi connectivity index (χ3n) is 4.81. The molecule has 0 radical (unpaired) electrons. The minimum absolute atomic E-state index is 0.105. The SMILES string of the molecule is O=C(NCC1CCCCN1Cc1ccc([N+](=O)[O-])cc1)Nc1ccccc1. The maximum absolute atomic E-state index is 12.1. The van der Waals surface area contributed by atoms with Crippen molar-refractivity contribution in [1.29, 1.82) is 0 Å². The molecule has 1 heterocycles. The lowest BCUT2D eigenvalue weighted by atomic mass is 10.0. The van der Waals surface area contributed by atoms with Crippen LogP contribution in [0.15, 0.2) is 54.6 Å². The number of para-hydroxylation sites is 1. The Morgan fingerprint density at radius 2 is 1.85 bits per heavy atom. The number of nitrogens with zero attached hydrogens (tertiary/aromatic N) is 2. The Balaban J connectivity index is 1.53. The molecule has 0 bridgehead atoms. The van der Waals surface area contributed by atoms with Gasteiger partial charge in [-0.25, -0.2) is 4.79 Å². The van der Waals surface area contributed by atoms with Crippen molar-refractivity contribution in [2.24, 2.45) is 0 Å². The number of nitrogens with one attached hydrogen (secondary N) is 2. The molecule has 1 saturated heterocycles. The van der Waals surface area contributed by atoms with E-state index in [0.29, 0.717) is 6.54 Å². The van der Waals surface area contributed by atoms with Crippen molar-refractivity contribution in [3.63, 3.8) is 0 Å². The largest absolute Gasteiger partial charge is 0.336 e. The summed E-state index contributed by atoms with van der Waals surface area (Å²) in [7, 11) is 0. The van der Waals surface area contributed by atoms with Crippen LogP contribution >= 0.6 is 0 Å². The Morgan fingerprint density at radius 1 is 1.11 bits per heavy atom. The number of non-ortho nitro benzene ring substituents is 1. The molecule has 0 aliphatic carbocycles. The third kappa shape index (κ3) is 5.52. The lowest BCUT2D eigenvalue weighted by Gasteiger charge is -2.35. The smallest absolute Gasteiger partial charge is 0.319 e. The minimum atomic E-state index is -0.386. The summed E-state index contributed by atoms with van der Waals surface area (Å²) >= 11 is 0. The summed E-state index contributed by atoms with van der Waals surface area (Å²) in [6.07, 6.45) is 3.29. The number of rotatable bonds is 6. The number of urea groups is 1. The number of carbonyl (C=O) groups excluding carboxylic acids is 1. The molecule has 2 aromatic rings. The first kappa shape index (κ1) is 18.8. The number of anilines is 1. The molecule has 0 saturated carbocycles. The predicted octanol–water partition coefficient (Wildman–Crippen LogP) is 3.77. The van der Waals surface area contributed by atoms with Crippen LogP contribution in [0, 0.1) is 10.1 Å². The van der Waals surface area contributed by atoms with Crippen LogP contribution in [0.5, 0.6) is 0 Å². The Labute approximate surface area is 158 Å². The maximum atomic E-state index is 12.1. The second-order valence-corrected chi connectivity index (χ2v) is 6.74. The molecule has 2 aromatic carbocycles. The van der Waals surface area contributed by atoms with E-state index in [9.17, 15) is 14.9 Å². The van der Waals surface area contributed by atoms with Gasteiger partial charge < -0.3 is 10.6 Å². The van der Waals surface area contributed by atoms with E-state index in [0.717, 1.165) is 43.6 Å². The van der Waals surface area contributed by atoms with Gasteiger partial charge >= 0.3 is 6.03 Å². The molecule has 0 spiro atoms. The number of amides is 2. The van der Waals surface area contributed by atoms with Crippen LogP contribution in [-0.2, 0) is 6.54 Å². The van der Waals surface area contributed by atoms with E-state index in [2.05, 4.69) is 15.5 Å². The van der Waals surface area contributed by atoms with Gasteiger partial charge in [0.15, 0.2) is 0 Å². The van der Waals surface area contributed by atoms with Crippen molar-refractivity contribution in [3.8, 4) is 0 Å². The molecular formula is C20H24N4O3. The van der Waals surface area contributed by atoms with Gasteiger partial charge in [0.2, 0.25) is 0 Å². The Morgan fingerprint density at radius 3 is 2.56 bits per heavy atom. The van der Waals surface area contributed by atoms with Crippen LogP contribution < -0.4 is 10.6 Å². The zero-order valence-corrected chi connectivity index (χ0v) is 15.1. The van der Waals surface area contributed by atoms with Gasteiger partial charge in [0, 0.05) is 37.0 Å². The number of hydrogen-bond acceptors (Lipinski definition) is 4. The molecule has 1 fully saturated rings. The van der Waals surface area contributed by atoms with E-state index in [4.69, 9.17) is 0 Å². The average Bonchev–Trinajstić information content (AvgIpc) is 2.68. The summed E-state index contributed by atoms with van der Waals surface area (Å²) in [6.45, 7) is 2.26. The molecule has 1 atom stereocenters. The summed E-state index contributed by atoms with van der Waals surface area (Å²) in [5, 5.41) is 16.6. The van der Waals surface area contributed by atoms with E-state index in [1.165, 1.54) is 0 Å². The lowest BCUT2D eigenvalue weighted by Crippen LogP contribution is -2.47. The standard InChI is InChI=1S/C20H24N4O3/c25-20(22-17-6-2-1-3-7-17)21-14-19-8-4-5-13-23(19)15-16-9-11-18(12-10-16)24(26)27/h1-3,6-7,9-12,19H,4-5,8,13-15H2,(H2,21,22,25). The second-order valence-electron chi connectivity index (χ2n) is 6.74. The van der Waals surface area contributed by atoms with Crippen LogP contribution in [0.2, 0.25) is 0 Å². The second kappa shape index (κ2) is 9.14. The van der Waals surface area contributed by atoms with Gasteiger partial charge in [-0.2, -0.15) is 0 Å². The van der Waals surface area contributed by atoms with Crippen molar-refractivity contribution >= 4 is 17.4 Å². The highest BCUT2D eigenvalue weighted by molar-refractivity contribution is 5.89. The van der Waals surface area contributed by atoms with Crippen molar-refractivity contribution in [3.05, 3.63) is 70.3 Å². The van der Waals surface area contributed by atoms with Crippen molar-refractivity contribution in [2.45, 2.75) is 31.8 Å². The molecule has 2 N–H and O–H groups in total. The predicted molar refractivity (Wildman–Crippen MR) is 105 cm³/mol. The number of carbonyl (C=O) groups is 1. The third-order valence-corrected chi connectivity index (χ3v) is 4.81. The fourth-order valence-electron chi connectivity index (χ4n) is 3.36.